The third kappa shape index (κ3) is 3.95. The van der Waals surface area contributed by atoms with Gasteiger partial charge in [-0.3, -0.25) is 0 Å². The Hall–Kier alpha value is -0.930. The van der Waals surface area contributed by atoms with E-state index in [2.05, 4.69) is 9.97 Å². The van der Waals surface area contributed by atoms with Gasteiger partial charge in [0.05, 0.1) is 28.3 Å². The van der Waals surface area contributed by atoms with Gasteiger partial charge in [-0.15, -0.1) is 11.3 Å². The quantitative estimate of drug-likeness (QED) is 0.797. The van der Waals surface area contributed by atoms with E-state index in [1.807, 2.05) is 0 Å². The second-order valence-corrected chi connectivity index (χ2v) is 9.30. The summed E-state index contributed by atoms with van der Waals surface area (Å²) in [6, 6.07) is 3.30. The maximum absolute atomic E-state index is 12.6. The first-order valence-electron chi connectivity index (χ1n) is 6.85. The molecule has 0 radical (unpaired) electrons. The topological polar surface area (TPSA) is 72.4 Å². The minimum atomic E-state index is -3.55. The summed E-state index contributed by atoms with van der Waals surface area (Å²) >= 11 is 12.6. The normalized spacial score (nSPS) is 19.7. The van der Waals surface area contributed by atoms with Crippen molar-refractivity contribution in [2.45, 2.75) is 23.2 Å². The Labute approximate surface area is 148 Å². The number of rotatable bonds is 4. The van der Waals surface area contributed by atoms with E-state index in [0.29, 0.717) is 22.3 Å². The van der Waals surface area contributed by atoms with Crippen LogP contribution < -0.4 is 4.74 Å². The fourth-order valence-electron chi connectivity index (χ4n) is 2.29. The van der Waals surface area contributed by atoms with Crippen LogP contribution in [0.1, 0.15) is 12.8 Å². The van der Waals surface area contributed by atoms with Crippen molar-refractivity contribution in [2.24, 2.45) is 0 Å². The molecule has 2 aromatic rings. The number of ether oxygens (including phenoxy) is 1. The number of aromatic nitrogens is 2. The van der Waals surface area contributed by atoms with Crippen molar-refractivity contribution < 1.29 is 13.2 Å². The van der Waals surface area contributed by atoms with E-state index in [0.717, 1.165) is 17.8 Å². The van der Waals surface area contributed by atoms with Crippen molar-refractivity contribution in [3.63, 3.8) is 0 Å². The number of nitrogens with zero attached hydrogens (tertiary/aromatic N) is 3. The molecule has 0 unspecified atom stereocenters. The molecule has 0 aromatic carbocycles. The second kappa shape index (κ2) is 6.90. The number of hydrogen-bond donors (Lipinski definition) is 0. The average Bonchev–Trinajstić information content (AvgIpc) is 2.97. The molecule has 10 heteroatoms. The molecule has 1 aliphatic heterocycles. The van der Waals surface area contributed by atoms with Gasteiger partial charge in [0.25, 0.3) is 10.0 Å². The Morgan fingerprint density at radius 2 is 2.00 bits per heavy atom. The molecule has 1 atom stereocenters. The second-order valence-electron chi connectivity index (χ2n) is 4.99. The summed E-state index contributed by atoms with van der Waals surface area (Å²) in [5, 5.41) is 0.416. The van der Waals surface area contributed by atoms with Crippen LogP contribution in [0.25, 0.3) is 0 Å². The van der Waals surface area contributed by atoms with Gasteiger partial charge in [0.2, 0.25) is 0 Å². The Kier molecular flexibility index (Phi) is 5.07. The van der Waals surface area contributed by atoms with Crippen molar-refractivity contribution >= 4 is 44.6 Å². The maximum Gasteiger partial charge on any atom is 0.316 e. The van der Waals surface area contributed by atoms with Crippen molar-refractivity contribution in [1.29, 1.82) is 0 Å². The Morgan fingerprint density at radius 3 is 2.65 bits per heavy atom. The van der Waals surface area contributed by atoms with Gasteiger partial charge in [-0.05, 0) is 25.0 Å². The first kappa shape index (κ1) is 16.9. The molecule has 0 aliphatic carbocycles. The van der Waals surface area contributed by atoms with Gasteiger partial charge in [0.15, 0.2) is 0 Å². The predicted octanol–water partition coefficient (Wildman–Crippen LogP) is 3.08. The molecule has 6 nitrogen and oxygen atoms in total. The largest absolute Gasteiger partial charge is 0.459 e. The standard InChI is InChI=1S/C13H13Cl2N3O3S2/c14-9-6-16-13(17-7-9)21-10-2-1-5-18(8-10)23(19,20)12-4-3-11(15)22-12/h3-4,6-7,10H,1-2,5,8H2/t10-/m1/s1. The van der Waals surface area contributed by atoms with Crippen LogP contribution in [0.2, 0.25) is 9.36 Å². The smallest absolute Gasteiger partial charge is 0.316 e. The van der Waals surface area contributed by atoms with Crippen molar-refractivity contribution in [1.82, 2.24) is 14.3 Å². The van der Waals surface area contributed by atoms with Gasteiger partial charge in [-0.2, -0.15) is 4.31 Å². The first-order valence-corrected chi connectivity index (χ1v) is 9.86. The van der Waals surface area contributed by atoms with E-state index in [1.165, 1.54) is 22.8 Å². The van der Waals surface area contributed by atoms with Crippen LogP contribution in [0.5, 0.6) is 6.01 Å². The summed E-state index contributed by atoms with van der Waals surface area (Å²) in [7, 11) is -3.55. The third-order valence-electron chi connectivity index (χ3n) is 3.35. The summed E-state index contributed by atoms with van der Waals surface area (Å²) in [5.41, 5.74) is 0. The molecule has 0 saturated carbocycles. The van der Waals surface area contributed by atoms with Crippen molar-refractivity contribution in [3.05, 3.63) is 33.9 Å². The molecule has 2 aromatic heterocycles. The summed E-state index contributed by atoms with van der Waals surface area (Å²) < 4.78 is 33.0. The molecule has 1 saturated heterocycles. The molecule has 1 fully saturated rings. The van der Waals surface area contributed by atoms with Gasteiger partial charge in [-0.25, -0.2) is 18.4 Å². The molecule has 0 N–H and O–H groups in total. The highest BCUT2D eigenvalue weighted by Gasteiger charge is 2.32. The minimum absolute atomic E-state index is 0.192. The average molecular weight is 394 g/mol. The lowest BCUT2D eigenvalue weighted by Gasteiger charge is -2.31. The zero-order valence-electron chi connectivity index (χ0n) is 11.9. The van der Waals surface area contributed by atoms with E-state index in [4.69, 9.17) is 27.9 Å². The zero-order valence-corrected chi connectivity index (χ0v) is 15.0. The lowest BCUT2D eigenvalue weighted by molar-refractivity contribution is 0.119. The fourth-order valence-corrected chi connectivity index (χ4v) is 5.54. The van der Waals surface area contributed by atoms with Gasteiger partial charge < -0.3 is 4.74 Å². The van der Waals surface area contributed by atoms with E-state index in [1.54, 1.807) is 6.07 Å². The van der Waals surface area contributed by atoms with Gasteiger partial charge >= 0.3 is 6.01 Å². The SMILES string of the molecule is O=S(=O)(c1ccc(Cl)s1)N1CCC[C@@H](Oc2ncc(Cl)cn2)C1. The maximum atomic E-state index is 12.6. The highest BCUT2D eigenvalue weighted by atomic mass is 35.5. The molecule has 0 bridgehead atoms. The summed E-state index contributed by atoms with van der Waals surface area (Å²) in [6.07, 6.45) is 4.03. The fraction of sp³-hybridized carbons (Fsp3) is 0.385. The lowest BCUT2D eigenvalue weighted by Crippen LogP contribution is -2.44. The molecule has 23 heavy (non-hydrogen) atoms. The third-order valence-corrected chi connectivity index (χ3v) is 7.11. The highest BCUT2D eigenvalue weighted by Crippen LogP contribution is 2.30. The summed E-state index contributed by atoms with van der Waals surface area (Å²) in [4.78, 5) is 7.94. The molecular weight excluding hydrogens is 381 g/mol. The van der Waals surface area contributed by atoms with E-state index >= 15 is 0 Å². The molecule has 0 amide bonds. The highest BCUT2D eigenvalue weighted by molar-refractivity contribution is 7.91. The zero-order chi connectivity index (χ0) is 16.4. The number of sulfonamides is 1. The first-order chi connectivity index (χ1) is 10.9. The van der Waals surface area contributed by atoms with Gasteiger partial charge in [0, 0.05) is 6.54 Å². The molecular formula is C13H13Cl2N3O3S2. The molecule has 3 rings (SSSR count). The number of piperidine rings is 1. The Bertz CT molecular complexity index is 780. The lowest BCUT2D eigenvalue weighted by atomic mass is 10.1. The van der Waals surface area contributed by atoms with Crippen LogP contribution in [-0.4, -0.2) is 41.9 Å². The van der Waals surface area contributed by atoms with E-state index in [9.17, 15) is 8.42 Å². The number of thiophene rings is 1. The van der Waals surface area contributed by atoms with Crippen molar-refractivity contribution in [2.75, 3.05) is 13.1 Å². The molecule has 124 valence electrons. The van der Waals surface area contributed by atoms with Crippen LogP contribution in [0, 0.1) is 0 Å². The van der Waals surface area contributed by atoms with Crippen LogP contribution in [0.15, 0.2) is 28.7 Å². The van der Waals surface area contributed by atoms with Crippen molar-refractivity contribution in [3.8, 4) is 6.01 Å². The van der Waals surface area contributed by atoms with Crippen LogP contribution in [-0.2, 0) is 10.0 Å². The Balaban J connectivity index is 1.71. The van der Waals surface area contributed by atoms with Gasteiger partial charge in [0.1, 0.15) is 10.3 Å². The number of hydrogen-bond acceptors (Lipinski definition) is 6. The number of halogens is 2. The summed E-state index contributed by atoms with van der Waals surface area (Å²) in [6.45, 7) is 0.711. The summed E-state index contributed by atoms with van der Waals surface area (Å²) in [5.74, 6) is 0. The van der Waals surface area contributed by atoms with E-state index < -0.39 is 10.0 Å². The van der Waals surface area contributed by atoms with Gasteiger partial charge in [-0.1, -0.05) is 23.2 Å². The molecule has 1 aliphatic rings. The minimum Gasteiger partial charge on any atom is -0.459 e. The Morgan fingerprint density at radius 1 is 1.26 bits per heavy atom. The molecule has 0 spiro atoms. The monoisotopic (exact) mass is 393 g/mol. The van der Waals surface area contributed by atoms with Crippen LogP contribution in [0.3, 0.4) is 0 Å². The van der Waals surface area contributed by atoms with E-state index in [-0.39, 0.29) is 22.9 Å². The molecule has 3 heterocycles. The van der Waals surface area contributed by atoms with Crippen LogP contribution >= 0.6 is 34.5 Å². The predicted molar refractivity (Wildman–Crippen MR) is 88.8 cm³/mol. The van der Waals surface area contributed by atoms with Crippen LogP contribution in [0.4, 0.5) is 0 Å².